The largest absolute Gasteiger partial charge is 0.494 e. The van der Waals surface area contributed by atoms with Gasteiger partial charge in [-0.1, -0.05) is 0 Å². The monoisotopic (exact) mass is 454 g/mol. The molecule has 10 nitrogen and oxygen atoms in total. The van der Waals surface area contributed by atoms with E-state index >= 15 is 0 Å². The van der Waals surface area contributed by atoms with Crippen molar-refractivity contribution in [3.05, 3.63) is 57.8 Å². The third kappa shape index (κ3) is 5.05. The topological polar surface area (TPSA) is 130 Å². The zero-order chi connectivity index (χ0) is 23.4. The molecule has 1 aliphatic carbocycles. The fourth-order valence-electron chi connectivity index (χ4n) is 3.74. The van der Waals surface area contributed by atoms with Crippen LogP contribution in [0.25, 0.3) is 11.0 Å². The lowest BCUT2D eigenvalue weighted by Gasteiger charge is -2.11. The van der Waals surface area contributed by atoms with Crippen LogP contribution in [0, 0.1) is 10.1 Å². The van der Waals surface area contributed by atoms with Crippen LogP contribution in [-0.2, 0) is 27.2 Å². The van der Waals surface area contributed by atoms with E-state index in [-0.39, 0.29) is 23.7 Å². The van der Waals surface area contributed by atoms with E-state index in [0.717, 1.165) is 42.4 Å². The molecule has 1 heterocycles. The maximum absolute atomic E-state index is 12.1. The van der Waals surface area contributed by atoms with Gasteiger partial charge in [-0.2, -0.15) is 0 Å². The predicted molar refractivity (Wildman–Crippen MR) is 118 cm³/mol. The van der Waals surface area contributed by atoms with E-state index in [9.17, 15) is 19.7 Å². The van der Waals surface area contributed by atoms with Crippen molar-refractivity contribution >= 4 is 34.2 Å². The number of non-ortho nitro benzene ring substituents is 1. The van der Waals surface area contributed by atoms with Crippen molar-refractivity contribution in [1.82, 2.24) is 0 Å². The van der Waals surface area contributed by atoms with Crippen LogP contribution in [0.15, 0.2) is 40.8 Å². The van der Waals surface area contributed by atoms with Crippen LogP contribution in [0.5, 0.6) is 11.5 Å². The quantitative estimate of drug-likeness (QED) is 0.309. The summed E-state index contributed by atoms with van der Waals surface area (Å²) in [5.74, 6) is 0.304. The lowest BCUT2D eigenvalue weighted by molar-refractivity contribution is -0.384. The highest BCUT2D eigenvalue weighted by molar-refractivity contribution is 5.94. The molecule has 4 rings (SSSR count). The number of aryl methyl sites for hydroxylation is 2. The Morgan fingerprint density at radius 2 is 1.94 bits per heavy atom. The van der Waals surface area contributed by atoms with Crippen molar-refractivity contribution in [1.29, 1.82) is 0 Å². The molecule has 1 amide bonds. The number of fused-ring (bicyclic) bond motifs is 3. The number of anilines is 1. The summed E-state index contributed by atoms with van der Waals surface area (Å²) in [6, 6.07) is 9.14. The van der Waals surface area contributed by atoms with Crippen LogP contribution in [0.1, 0.15) is 24.2 Å². The molecule has 2 aromatic carbocycles. The van der Waals surface area contributed by atoms with Gasteiger partial charge < -0.3 is 23.9 Å². The number of ether oxygens (including phenoxy) is 3. The molecule has 0 bridgehead atoms. The summed E-state index contributed by atoms with van der Waals surface area (Å²) in [6.07, 6.45) is 4.13. The van der Waals surface area contributed by atoms with E-state index in [1.54, 1.807) is 6.07 Å². The molecule has 0 unspecified atom stereocenters. The number of benzene rings is 2. The molecule has 1 aliphatic rings. The van der Waals surface area contributed by atoms with Gasteiger partial charge in [-0.25, -0.2) is 4.79 Å². The molecule has 0 radical (unpaired) electrons. The van der Waals surface area contributed by atoms with Gasteiger partial charge >= 0.3 is 5.97 Å². The van der Waals surface area contributed by atoms with E-state index in [2.05, 4.69) is 5.32 Å². The van der Waals surface area contributed by atoms with Crippen molar-refractivity contribution in [2.45, 2.75) is 25.7 Å². The van der Waals surface area contributed by atoms with Crippen molar-refractivity contribution in [2.24, 2.45) is 0 Å². The van der Waals surface area contributed by atoms with Crippen molar-refractivity contribution < 1.29 is 33.1 Å². The summed E-state index contributed by atoms with van der Waals surface area (Å²) in [5.41, 5.74) is 2.04. The number of carbonyl (C=O) groups is 2. The zero-order valence-electron chi connectivity index (χ0n) is 17.9. The van der Waals surface area contributed by atoms with Gasteiger partial charge in [0, 0.05) is 23.4 Å². The van der Waals surface area contributed by atoms with Crippen LogP contribution < -0.4 is 14.8 Å². The summed E-state index contributed by atoms with van der Waals surface area (Å²) < 4.78 is 21.4. The second-order valence-electron chi connectivity index (χ2n) is 7.51. The van der Waals surface area contributed by atoms with Gasteiger partial charge in [-0.3, -0.25) is 14.9 Å². The van der Waals surface area contributed by atoms with Gasteiger partial charge in [-0.05, 0) is 43.5 Å². The molecule has 0 saturated carbocycles. The minimum atomic E-state index is -0.713. The van der Waals surface area contributed by atoms with E-state index in [1.807, 2.05) is 12.1 Å². The average Bonchev–Trinajstić information content (AvgIpc) is 3.19. The van der Waals surface area contributed by atoms with Crippen LogP contribution in [-0.4, -0.2) is 37.1 Å². The third-order valence-corrected chi connectivity index (χ3v) is 5.32. The highest BCUT2D eigenvalue weighted by Crippen LogP contribution is 2.34. The Bertz CT molecular complexity index is 1220. The minimum absolute atomic E-state index is 0.115. The molecule has 0 saturated heterocycles. The molecule has 1 N–H and O–H groups in total. The Kier molecular flexibility index (Phi) is 6.43. The number of amides is 1. The normalized spacial score (nSPS) is 12.6. The maximum Gasteiger partial charge on any atom is 0.344 e. The number of nitro benzene ring substituents is 1. The van der Waals surface area contributed by atoms with Crippen LogP contribution in [0.4, 0.5) is 11.4 Å². The Hall–Kier alpha value is -4.08. The highest BCUT2D eigenvalue weighted by atomic mass is 16.6. The summed E-state index contributed by atoms with van der Waals surface area (Å²) in [7, 11) is 1.32. The molecule has 10 heteroatoms. The second-order valence-corrected chi connectivity index (χ2v) is 7.51. The summed E-state index contributed by atoms with van der Waals surface area (Å²) >= 11 is 0. The Morgan fingerprint density at radius 3 is 2.73 bits per heavy atom. The number of rotatable bonds is 8. The molecule has 0 aliphatic heterocycles. The average molecular weight is 454 g/mol. The smallest absolute Gasteiger partial charge is 0.344 e. The summed E-state index contributed by atoms with van der Waals surface area (Å²) in [6.45, 7) is -0.906. The number of hydrogen-bond acceptors (Lipinski definition) is 8. The van der Waals surface area contributed by atoms with Gasteiger partial charge in [0.2, 0.25) is 0 Å². The maximum atomic E-state index is 12.1. The standard InChI is InChI=1S/C23H22N2O8/c1-30-21-10-14(25(28)29)6-8-18(21)24-22(26)12-32-23(27)13-31-15-7-9-20-17(11-15)16-4-2-3-5-19(16)33-20/h6-11H,2-5,12-13H2,1H3,(H,24,26). The zero-order valence-corrected chi connectivity index (χ0v) is 17.9. The minimum Gasteiger partial charge on any atom is -0.494 e. The van der Waals surface area contributed by atoms with E-state index in [1.165, 1.54) is 30.9 Å². The van der Waals surface area contributed by atoms with Gasteiger partial charge in [0.25, 0.3) is 11.6 Å². The number of nitrogens with one attached hydrogen (secondary N) is 1. The SMILES string of the molecule is COc1cc([N+](=O)[O-])ccc1NC(=O)COC(=O)COc1ccc2oc3c(c2c1)CCCC3. The molecule has 3 aromatic rings. The van der Waals surface area contributed by atoms with Crippen LogP contribution >= 0.6 is 0 Å². The van der Waals surface area contributed by atoms with Gasteiger partial charge in [0.15, 0.2) is 13.2 Å². The number of nitrogens with zero attached hydrogens (tertiary/aromatic N) is 1. The van der Waals surface area contributed by atoms with Gasteiger partial charge in [0.1, 0.15) is 22.8 Å². The second kappa shape index (κ2) is 9.60. The van der Waals surface area contributed by atoms with E-state index in [0.29, 0.717) is 5.75 Å². The molecule has 0 atom stereocenters. The molecular formula is C23H22N2O8. The van der Waals surface area contributed by atoms with Crippen LogP contribution in [0.3, 0.4) is 0 Å². The number of carbonyl (C=O) groups excluding carboxylic acids is 2. The molecule has 0 spiro atoms. The molecule has 33 heavy (non-hydrogen) atoms. The number of esters is 1. The predicted octanol–water partition coefficient (Wildman–Crippen LogP) is 3.79. The number of nitro groups is 1. The van der Waals surface area contributed by atoms with E-state index in [4.69, 9.17) is 18.6 Å². The molecule has 0 fully saturated rings. The third-order valence-electron chi connectivity index (χ3n) is 5.32. The van der Waals surface area contributed by atoms with Crippen molar-refractivity contribution in [2.75, 3.05) is 25.6 Å². The fourth-order valence-corrected chi connectivity index (χ4v) is 3.74. The molecular weight excluding hydrogens is 432 g/mol. The lowest BCUT2D eigenvalue weighted by atomic mass is 9.96. The number of methoxy groups -OCH3 is 1. The first-order valence-corrected chi connectivity index (χ1v) is 10.4. The Morgan fingerprint density at radius 1 is 1.12 bits per heavy atom. The summed E-state index contributed by atoms with van der Waals surface area (Å²) in [4.78, 5) is 34.4. The molecule has 172 valence electrons. The number of furan rings is 1. The molecule has 1 aromatic heterocycles. The number of hydrogen-bond donors (Lipinski definition) is 1. The summed E-state index contributed by atoms with van der Waals surface area (Å²) in [5, 5.41) is 14.3. The first-order chi connectivity index (χ1) is 15.9. The lowest BCUT2D eigenvalue weighted by Crippen LogP contribution is -2.23. The Balaban J connectivity index is 1.29. The van der Waals surface area contributed by atoms with E-state index < -0.39 is 23.4 Å². The Labute approximate surface area is 188 Å². The highest BCUT2D eigenvalue weighted by Gasteiger charge is 2.19. The van der Waals surface area contributed by atoms with Crippen molar-refractivity contribution in [3.63, 3.8) is 0 Å². The first kappa shape index (κ1) is 22.1. The fraction of sp³-hybridized carbons (Fsp3) is 0.304. The van der Waals surface area contributed by atoms with Crippen LogP contribution in [0.2, 0.25) is 0 Å². The van der Waals surface area contributed by atoms with Gasteiger partial charge in [-0.15, -0.1) is 0 Å². The van der Waals surface area contributed by atoms with Gasteiger partial charge in [0.05, 0.1) is 23.8 Å². The van der Waals surface area contributed by atoms with Crippen molar-refractivity contribution in [3.8, 4) is 11.5 Å². The first-order valence-electron chi connectivity index (χ1n) is 10.4.